The van der Waals surface area contributed by atoms with E-state index in [-0.39, 0.29) is 30.0 Å². The largest absolute Gasteiger partial charge is 0.497 e. The van der Waals surface area contributed by atoms with Crippen LogP contribution in [0.15, 0.2) is 54.6 Å². The second kappa shape index (κ2) is 10.3. The molecule has 1 aliphatic carbocycles. The van der Waals surface area contributed by atoms with Gasteiger partial charge in [0.05, 0.1) is 13.5 Å². The first kappa shape index (κ1) is 22.5. The number of rotatable bonds is 8. The van der Waals surface area contributed by atoms with Gasteiger partial charge in [0.15, 0.2) is 0 Å². The van der Waals surface area contributed by atoms with E-state index in [2.05, 4.69) is 17.0 Å². The van der Waals surface area contributed by atoms with Crippen molar-refractivity contribution in [3.8, 4) is 5.75 Å². The number of ether oxygens (including phenoxy) is 2. The second-order valence-electron chi connectivity index (χ2n) is 9.19. The molecule has 2 aromatic carbocycles. The van der Waals surface area contributed by atoms with Crippen molar-refractivity contribution in [1.29, 1.82) is 0 Å². The lowest BCUT2D eigenvalue weighted by molar-refractivity contribution is -0.149. The molecule has 0 amide bonds. The van der Waals surface area contributed by atoms with Crippen molar-refractivity contribution in [3.05, 3.63) is 65.7 Å². The fraction of sp³-hybridized carbons (Fsp3) is 0.481. The third-order valence-corrected chi connectivity index (χ3v) is 7.25. The first-order valence-electron chi connectivity index (χ1n) is 11.7. The van der Waals surface area contributed by atoms with Gasteiger partial charge in [-0.2, -0.15) is 0 Å². The van der Waals surface area contributed by atoms with Crippen molar-refractivity contribution in [2.24, 2.45) is 5.92 Å². The van der Waals surface area contributed by atoms with Crippen molar-refractivity contribution in [2.75, 3.05) is 20.2 Å². The minimum Gasteiger partial charge on any atom is -0.497 e. The standard InChI is InChI=1S/C27H33NO4/c1-31-24-12-10-21(11-13-24)20-32-26(30)16-27(14-6-3-7-15-27)28-17-23(19-29)25(18-28)22-8-4-2-5-9-22/h2,4-5,8-13,19,23,25H,3,6-7,14-18,20H2,1H3. The smallest absolute Gasteiger partial charge is 0.308 e. The Kier molecular flexibility index (Phi) is 7.26. The van der Waals surface area contributed by atoms with Crippen molar-refractivity contribution in [1.82, 2.24) is 4.90 Å². The van der Waals surface area contributed by atoms with Gasteiger partial charge < -0.3 is 14.3 Å². The highest BCUT2D eigenvalue weighted by Crippen LogP contribution is 2.43. The zero-order valence-electron chi connectivity index (χ0n) is 18.9. The number of benzene rings is 2. The Morgan fingerprint density at radius 1 is 1.03 bits per heavy atom. The number of esters is 1. The first-order valence-corrected chi connectivity index (χ1v) is 11.7. The molecular formula is C27H33NO4. The van der Waals surface area contributed by atoms with Crippen LogP contribution in [0.3, 0.4) is 0 Å². The van der Waals surface area contributed by atoms with Gasteiger partial charge in [0.1, 0.15) is 18.6 Å². The van der Waals surface area contributed by atoms with E-state index < -0.39 is 0 Å². The van der Waals surface area contributed by atoms with Gasteiger partial charge in [-0.3, -0.25) is 9.69 Å². The van der Waals surface area contributed by atoms with Gasteiger partial charge in [-0.1, -0.05) is 61.7 Å². The summed E-state index contributed by atoms with van der Waals surface area (Å²) in [7, 11) is 1.63. The van der Waals surface area contributed by atoms with Crippen LogP contribution in [0.1, 0.15) is 55.6 Å². The summed E-state index contributed by atoms with van der Waals surface area (Å²) < 4.78 is 10.9. The summed E-state index contributed by atoms with van der Waals surface area (Å²) >= 11 is 0. The molecule has 2 fully saturated rings. The molecule has 2 atom stereocenters. The Bertz CT molecular complexity index is 890. The number of aldehydes is 1. The highest BCUT2D eigenvalue weighted by Gasteiger charge is 2.46. The van der Waals surface area contributed by atoms with Crippen LogP contribution in [0.5, 0.6) is 5.75 Å². The van der Waals surface area contributed by atoms with Gasteiger partial charge in [-0.05, 0) is 36.1 Å². The van der Waals surface area contributed by atoms with Gasteiger partial charge in [0.2, 0.25) is 0 Å². The van der Waals surface area contributed by atoms with E-state index in [1.54, 1.807) is 7.11 Å². The minimum atomic E-state index is -0.208. The van der Waals surface area contributed by atoms with Crippen LogP contribution in [0.25, 0.3) is 0 Å². The van der Waals surface area contributed by atoms with E-state index in [0.717, 1.165) is 56.4 Å². The maximum atomic E-state index is 12.9. The number of nitrogens with zero attached hydrogens (tertiary/aromatic N) is 1. The van der Waals surface area contributed by atoms with Crippen LogP contribution in [0.2, 0.25) is 0 Å². The molecule has 4 rings (SSSR count). The summed E-state index contributed by atoms with van der Waals surface area (Å²) in [5, 5.41) is 0. The van der Waals surface area contributed by atoms with Crippen LogP contribution in [0.4, 0.5) is 0 Å². The van der Waals surface area contributed by atoms with Crippen molar-refractivity contribution < 1.29 is 19.1 Å². The molecule has 2 unspecified atom stereocenters. The van der Waals surface area contributed by atoms with E-state index in [0.29, 0.717) is 6.42 Å². The van der Waals surface area contributed by atoms with E-state index in [1.165, 1.54) is 12.0 Å². The number of carbonyl (C=O) groups is 2. The zero-order valence-corrected chi connectivity index (χ0v) is 18.9. The van der Waals surface area contributed by atoms with E-state index in [9.17, 15) is 9.59 Å². The van der Waals surface area contributed by atoms with Crippen molar-refractivity contribution in [3.63, 3.8) is 0 Å². The fourth-order valence-electron chi connectivity index (χ4n) is 5.43. The molecule has 0 aromatic heterocycles. The molecule has 0 N–H and O–H groups in total. The zero-order chi connectivity index (χ0) is 22.4. The fourth-order valence-corrected chi connectivity index (χ4v) is 5.43. The average Bonchev–Trinajstić information content (AvgIpc) is 3.30. The minimum absolute atomic E-state index is 0.0356. The van der Waals surface area contributed by atoms with Crippen LogP contribution < -0.4 is 4.74 Å². The predicted octanol–water partition coefficient (Wildman–Crippen LogP) is 4.75. The van der Waals surface area contributed by atoms with Crippen molar-refractivity contribution in [2.45, 2.75) is 56.6 Å². The average molecular weight is 436 g/mol. The SMILES string of the molecule is COc1ccc(COC(=O)CC2(N3CC(C=O)C(c4ccccc4)C3)CCCCC2)cc1. The lowest BCUT2D eigenvalue weighted by Gasteiger charge is -2.44. The molecule has 5 heteroatoms. The van der Waals surface area contributed by atoms with Gasteiger partial charge in [-0.25, -0.2) is 0 Å². The molecule has 1 aliphatic heterocycles. The maximum Gasteiger partial charge on any atom is 0.308 e. The third kappa shape index (κ3) is 5.04. The summed E-state index contributed by atoms with van der Waals surface area (Å²) in [4.78, 5) is 27.3. The van der Waals surface area contributed by atoms with Crippen molar-refractivity contribution >= 4 is 12.3 Å². The quantitative estimate of drug-likeness (QED) is 0.443. The number of likely N-dealkylation sites (tertiary alicyclic amines) is 1. The van der Waals surface area contributed by atoms with Gasteiger partial charge in [0, 0.05) is 30.5 Å². The lowest BCUT2D eigenvalue weighted by Crippen LogP contribution is -2.50. The molecule has 0 bridgehead atoms. The number of methoxy groups -OCH3 is 1. The van der Waals surface area contributed by atoms with Gasteiger partial charge in [-0.15, -0.1) is 0 Å². The Labute approximate surface area is 190 Å². The third-order valence-electron chi connectivity index (χ3n) is 7.25. The van der Waals surface area contributed by atoms with Crippen LogP contribution in [-0.2, 0) is 20.9 Å². The molecule has 170 valence electrons. The molecule has 0 spiro atoms. The lowest BCUT2D eigenvalue weighted by atomic mass is 9.78. The molecule has 1 saturated heterocycles. The molecule has 1 heterocycles. The molecule has 0 radical (unpaired) electrons. The van der Waals surface area contributed by atoms with E-state index >= 15 is 0 Å². The Morgan fingerprint density at radius 2 is 1.75 bits per heavy atom. The van der Waals surface area contributed by atoms with Crippen LogP contribution in [0, 0.1) is 5.92 Å². The summed E-state index contributed by atoms with van der Waals surface area (Å²) in [6.45, 7) is 1.80. The molecule has 32 heavy (non-hydrogen) atoms. The van der Waals surface area contributed by atoms with Crippen LogP contribution >= 0.6 is 0 Å². The van der Waals surface area contributed by atoms with Crippen LogP contribution in [-0.4, -0.2) is 42.9 Å². The monoisotopic (exact) mass is 435 g/mol. The van der Waals surface area contributed by atoms with Gasteiger partial charge in [0.25, 0.3) is 0 Å². The number of hydrogen-bond acceptors (Lipinski definition) is 5. The van der Waals surface area contributed by atoms with E-state index in [1.807, 2.05) is 42.5 Å². The molecule has 2 aromatic rings. The van der Waals surface area contributed by atoms with E-state index in [4.69, 9.17) is 9.47 Å². The number of carbonyl (C=O) groups excluding carboxylic acids is 2. The topological polar surface area (TPSA) is 55.8 Å². The highest BCUT2D eigenvalue weighted by molar-refractivity contribution is 5.71. The molecule has 5 nitrogen and oxygen atoms in total. The summed E-state index contributed by atoms with van der Waals surface area (Å²) in [5.74, 6) is 0.774. The van der Waals surface area contributed by atoms with Gasteiger partial charge >= 0.3 is 5.97 Å². The second-order valence-corrected chi connectivity index (χ2v) is 9.19. The number of hydrogen-bond donors (Lipinski definition) is 0. The Balaban J connectivity index is 1.44. The predicted molar refractivity (Wildman–Crippen MR) is 124 cm³/mol. The first-order chi connectivity index (χ1) is 15.6. The Hall–Kier alpha value is -2.66. The normalized spacial score (nSPS) is 22.9. The molecule has 2 aliphatic rings. The molecular weight excluding hydrogens is 402 g/mol. The molecule has 1 saturated carbocycles. The highest BCUT2D eigenvalue weighted by atomic mass is 16.5. The summed E-state index contributed by atoms with van der Waals surface area (Å²) in [6.07, 6.45) is 6.89. The Morgan fingerprint density at radius 3 is 2.41 bits per heavy atom. The summed E-state index contributed by atoms with van der Waals surface area (Å²) in [5.41, 5.74) is 1.95. The maximum absolute atomic E-state index is 12.9. The summed E-state index contributed by atoms with van der Waals surface area (Å²) in [6, 6.07) is 17.9.